The maximum absolute atomic E-state index is 11.5. The molecule has 3 amide bonds. The molecule has 0 aromatic heterocycles. The summed E-state index contributed by atoms with van der Waals surface area (Å²) >= 11 is 11.6. The maximum Gasteiger partial charge on any atom is 0.243 e. The molecule has 0 heterocycles. The summed E-state index contributed by atoms with van der Waals surface area (Å²) in [6, 6.07) is 5.12. The van der Waals surface area contributed by atoms with Gasteiger partial charge in [-0.1, -0.05) is 29.3 Å². The number of amides is 3. The van der Waals surface area contributed by atoms with E-state index in [1.54, 1.807) is 25.2 Å². The number of halogens is 2. The first kappa shape index (κ1) is 21.2. The number of hydrogen-bond donors (Lipinski definition) is 4. The van der Waals surface area contributed by atoms with E-state index in [4.69, 9.17) is 33.2 Å². The number of carbonyl (C=O) groups is 3. The number of carbonyl (C=O) groups excluding carboxylic acids is 3. The fourth-order valence-electron chi connectivity index (χ4n) is 1.40. The predicted octanol–water partition coefficient (Wildman–Crippen LogP) is 1.65. The highest BCUT2D eigenvalue weighted by molar-refractivity contribution is 6.42. The second kappa shape index (κ2) is 12.7. The number of benzene rings is 1. The highest BCUT2D eigenvalue weighted by Crippen LogP contribution is 2.22. The molecule has 1 aromatic rings. The van der Waals surface area contributed by atoms with Gasteiger partial charge >= 0.3 is 0 Å². The molecule has 128 valence electrons. The lowest BCUT2D eigenvalue weighted by molar-refractivity contribution is -0.129. The molecule has 7 nitrogen and oxygen atoms in total. The third-order valence-electron chi connectivity index (χ3n) is 2.52. The number of hydrogen-bond acceptors (Lipinski definition) is 4. The van der Waals surface area contributed by atoms with Crippen molar-refractivity contribution >= 4 is 41.4 Å². The molecule has 1 aromatic carbocycles. The first-order valence-electron chi connectivity index (χ1n) is 6.69. The average molecular weight is 364 g/mol. The smallest absolute Gasteiger partial charge is 0.243 e. The summed E-state index contributed by atoms with van der Waals surface area (Å²) in [5, 5.41) is 14.1. The van der Waals surface area contributed by atoms with Gasteiger partial charge in [0.2, 0.25) is 18.2 Å². The van der Waals surface area contributed by atoms with Crippen molar-refractivity contribution in [2.24, 2.45) is 0 Å². The zero-order valence-corrected chi connectivity index (χ0v) is 14.1. The van der Waals surface area contributed by atoms with Gasteiger partial charge in [0, 0.05) is 26.4 Å². The van der Waals surface area contributed by atoms with Crippen LogP contribution in [0.4, 0.5) is 0 Å². The Labute approximate surface area is 144 Å². The minimum absolute atomic E-state index is 0.108. The Bertz CT molecular complexity index is 527. The SMILES string of the molecule is CNC=O.O=C(CCCC(=O)NCc1ccc(Cl)c(Cl)c1)NO. The number of hydroxylamine groups is 1. The minimum atomic E-state index is -0.503. The summed E-state index contributed by atoms with van der Waals surface area (Å²) < 4.78 is 0. The molecule has 0 aliphatic heterocycles. The van der Waals surface area contributed by atoms with E-state index in [0.717, 1.165) is 5.56 Å². The first-order chi connectivity index (χ1) is 10.9. The molecule has 0 aliphatic rings. The van der Waals surface area contributed by atoms with Gasteiger partial charge in [-0.2, -0.15) is 0 Å². The van der Waals surface area contributed by atoms with E-state index in [1.807, 2.05) is 0 Å². The van der Waals surface area contributed by atoms with Crippen LogP contribution < -0.4 is 16.1 Å². The van der Waals surface area contributed by atoms with E-state index < -0.39 is 5.91 Å². The second-order valence-electron chi connectivity index (χ2n) is 4.32. The topological polar surface area (TPSA) is 108 Å². The van der Waals surface area contributed by atoms with Gasteiger partial charge in [0.15, 0.2) is 0 Å². The fraction of sp³-hybridized carbons (Fsp3) is 0.357. The van der Waals surface area contributed by atoms with Crippen molar-refractivity contribution in [2.75, 3.05) is 7.05 Å². The summed E-state index contributed by atoms with van der Waals surface area (Å²) in [4.78, 5) is 31.3. The van der Waals surface area contributed by atoms with Gasteiger partial charge in [-0.15, -0.1) is 0 Å². The fourth-order valence-corrected chi connectivity index (χ4v) is 1.72. The second-order valence-corrected chi connectivity index (χ2v) is 5.13. The Hall–Kier alpha value is -1.83. The van der Waals surface area contributed by atoms with Crippen molar-refractivity contribution in [3.63, 3.8) is 0 Å². The largest absolute Gasteiger partial charge is 0.362 e. The molecule has 0 radical (unpaired) electrons. The lowest BCUT2D eigenvalue weighted by Gasteiger charge is -2.06. The highest BCUT2D eigenvalue weighted by Gasteiger charge is 2.05. The zero-order chi connectivity index (χ0) is 17.7. The number of nitrogens with one attached hydrogen (secondary N) is 3. The van der Waals surface area contributed by atoms with Crippen molar-refractivity contribution in [3.05, 3.63) is 33.8 Å². The van der Waals surface area contributed by atoms with Crippen molar-refractivity contribution in [3.8, 4) is 0 Å². The van der Waals surface area contributed by atoms with Crippen molar-refractivity contribution < 1.29 is 19.6 Å². The molecule has 23 heavy (non-hydrogen) atoms. The van der Waals surface area contributed by atoms with Crippen LogP contribution in [0.5, 0.6) is 0 Å². The third kappa shape index (κ3) is 10.5. The zero-order valence-electron chi connectivity index (χ0n) is 12.6. The summed E-state index contributed by atoms with van der Waals surface area (Å²) in [5.74, 6) is -0.672. The molecule has 0 saturated heterocycles. The van der Waals surface area contributed by atoms with Crippen LogP contribution in [-0.2, 0) is 20.9 Å². The quantitative estimate of drug-likeness (QED) is 0.335. The van der Waals surface area contributed by atoms with Gasteiger partial charge in [0.1, 0.15) is 0 Å². The Morgan fingerprint density at radius 1 is 1.17 bits per heavy atom. The first-order valence-corrected chi connectivity index (χ1v) is 7.44. The Kier molecular flexibility index (Phi) is 11.7. The monoisotopic (exact) mass is 363 g/mol. The van der Waals surface area contributed by atoms with Crippen molar-refractivity contribution in [1.82, 2.24) is 16.1 Å². The standard InChI is InChI=1S/C12H14Cl2N2O3.C2H5NO/c13-9-5-4-8(6-10(9)14)7-15-11(17)2-1-3-12(18)16-19;1-3-2-4/h4-6,19H,1-3,7H2,(H,15,17)(H,16,18);2H,1H3,(H,3,4). The molecule has 1 rings (SSSR count). The van der Waals surface area contributed by atoms with E-state index in [2.05, 4.69) is 10.6 Å². The predicted molar refractivity (Wildman–Crippen MR) is 87.2 cm³/mol. The lowest BCUT2D eigenvalue weighted by Crippen LogP contribution is -2.23. The van der Waals surface area contributed by atoms with Crippen molar-refractivity contribution in [1.29, 1.82) is 0 Å². The van der Waals surface area contributed by atoms with Crippen LogP contribution in [0.1, 0.15) is 24.8 Å². The maximum atomic E-state index is 11.5. The van der Waals surface area contributed by atoms with E-state index in [9.17, 15) is 9.59 Å². The average Bonchev–Trinajstić information content (AvgIpc) is 2.56. The van der Waals surface area contributed by atoms with Crippen LogP contribution in [0.25, 0.3) is 0 Å². The molecular formula is C14H19Cl2N3O4. The molecule has 4 N–H and O–H groups in total. The van der Waals surface area contributed by atoms with Gasteiger partial charge in [0.25, 0.3) is 0 Å². The van der Waals surface area contributed by atoms with Gasteiger partial charge in [-0.3, -0.25) is 19.6 Å². The molecule has 0 fully saturated rings. The van der Waals surface area contributed by atoms with E-state index in [0.29, 0.717) is 29.4 Å². The van der Waals surface area contributed by atoms with Crippen molar-refractivity contribution in [2.45, 2.75) is 25.8 Å². The van der Waals surface area contributed by atoms with Gasteiger partial charge in [-0.25, -0.2) is 5.48 Å². The van der Waals surface area contributed by atoms with Crippen LogP contribution in [0.3, 0.4) is 0 Å². The minimum Gasteiger partial charge on any atom is -0.362 e. The van der Waals surface area contributed by atoms with Gasteiger partial charge in [-0.05, 0) is 24.1 Å². The third-order valence-corrected chi connectivity index (χ3v) is 3.26. The molecule has 0 saturated carbocycles. The molecule has 0 bridgehead atoms. The van der Waals surface area contributed by atoms with E-state index >= 15 is 0 Å². The van der Waals surface area contributed by atoms with Gasteiger partial charge in [0.05, 0.1) is 10.0 Å². The Morgan fingerprint density at radius 3 is 2.30 bits per heavy atom. The van der Waals surface area contributed by atoms with Crippen LogP contribution >= 0.6 is 23.2 Å². The summed E-state index contributed by atoms with van der Waals surface area (Å²) in [6.07, 6.45) is 1.32. The van der Waals surface area contributed by atoms with Crippen LogP contribution in [0, 0.1) is 0 Å². The van der Waals surface area contributed by atoms with Crippen LogP contribution in [0.15, 0.2) is 18.2 Å². The lowest BCUT2D eigenvalue weighted by atomic mass is 10.2. The summed E-state index contributed by atoms with van der Waals surface area (Å²) in [5.41, 5.74) is 2.35. The van der Waals surface area contributed by atoms with E-state index in [-0.39, 0.29) is 18.7 Å². The Morgan fingerprint density at radius 2 is 1.78 bits per heavy atom. The van der Waals surface area contributed by atoms with Crippen LogP contribution in [-0.4, -0.2) is 30.5 Å². The van der Waals surface area contributed by atoms with Gasteiger partial charge < -0.3 is 10.6 Å². The molecule has 0 atom stereocenters. The highest BCUT2D eigenvalue weighted by atomic mass is 35.5. The molecule has 0 spiro atoms. The Balaban J connectivity index is 0.00000108. The number of rotatable bonds is 7. The summed E-state index contributed by atoms with van der Waals surface area (Å²) in [7, 11) is 1.56. The molecule has 9 heteroatoms. The van der Waals surface area contributed by atoms with E-state index in [1.165, 1.54) is 5.48 Å². The van der Waals surface area contributed by atoms with Crippen LogP contribution in [0.2, 0.25) is 10.0 Å². The molecular weight excluding hydrogens is 345 g/mol. The molecule has 0 unspecified atom stereocenters. The molecule has 0 aliphatic carbocycles. The normalized spacial score (nSPS) is 9.22. The summed E-state index contributed by atoms with van der Waals surface area (Å²) in [6.45, 7) is 0.349.